The van der Waals surface area contributed by atoms with Gasteiger partial charge in [0.15, 0.2) is 10.3 Å². The summed E-state index contributed by atoms with van der Waals surface area (Å²) in [7, 11) is 1.65. The maximum Gasteiger partial charge on any atom is 0.197 e. The highest BCUT2D eigenvalue weighted by Gasteiger charge is 2.16. The minimum atomic E-state index is -0.260. The SMILES string of the molecule is COc1ccc(CN/C(C)=C\N=C2N=C(Nc3ccc(F)cc3)S2)cc1. The number of nitrogens with one attached hydrogen (secondary N) is 2. The molecule has 3 rings (SSSR count). The number of thioether (sulfide) groups is 1. The summed E-state index contributed by atoms with van der Waals surface area (Å²) in [5, 5.41) is 7.82. The van der Waals surface area contributed by atoms with Gasteiger partial charge in [-0.2, -0.15) is 4.99 Å². The van der Waals surface area contributed by atoms with Crippen molar-refractivity contribution < 1.29 is 9.13 Å². The number of rotatable bonds is 6. The number of nitrogens with zero attached hydrogens (tertiary/aromatic N) is 2. The number of hydrogen-bond acceptors (Lipinski definition) is 5. The van der Waals surface area contributed by atoms with E-state index >= 15 is 0 Å². The molecule has 0 aliphatic carbocycles. The van der Waals surface area contributed by atoms with Gasteiger partial charge in [-0.15, -0.1) is 0 Å². The fourth-order valence-electron chi connectivity index (χ4n) is 2.13. The maximum absolute atomic E-state index is 12.9. The van der Waals surface area contributed by atoms with Gasteiger partial charge in [0.25, 0.3) is 0 Å². The molecule has 0 atom stereocenters. The Balaban J connectivity index is 1.47. The zero-order chi connectivity index (χ0) is 18.4. The van der Waals surface area contributed by atoms with Crippen LogP contribution in [-0.4, -0.2) is 17.4 Å². The predicted octanol–water partition coefficient (Wildman–Crippen LogP) is 4.36. The van der Waals surface area contributed by atoms with Gasteiger partial charge in [0.05, 0.1) is 7.11 Å². The van der Waals surface area contributed by atoms with Crippen molar-refractivity contribution in [3.05, 3.63) is 71.8 Å². The lowest BCUT2D eigenvalue weighted by Gasteiger charge is -2.15. The molecule has 1 aliphatic rings. The van der Waals surface area contributed by atoms with E-state index in [4.69, 9.17) is 4.74 Å². The Bertz CT molecular complexity index is 845. The van der Waals surface area contributed by atoms with Crippen LogP contribution < -0.4 is 15.4 Å². The lowest BCUT2D eigenvalue weighted by Crippen LogP contribution is -2.19. The monoisotopic (exact) mass is 370 g/mol. The summed E-state index contributed by atoms with van der Waals surface area (Å²) in [5.74, 6) is 0.584. The van der Waals surface area contributed by atoms with Crippen molar-refractivity contribution in [2.45, 2.75) is 13.5 Å². The number of hydrogen-bond donors (Lipinski definition) is 2. The zero-order valence-corrected chi connectivity index (χ0v) is 15.3. The molecular formula is C19H19FN4OS. The van der Waals surface area contributed by atoms with E-state index in [0.717, 1.165) is 27.9 Å². The molecule has 2 aromatic carbocycles. The van der Waals surface area contributed by atoms with Crippen molar-refractivity contribution in [2.24, 2.45) is 9.98 Å². The molecular weight excluding hydrogens is 351 g/mol. The molecule has 1 aliphatic heterocycles. The summed E-state index contributed by atoms with van der Waals surface area (Å²) in [6.45, 7) is 2.67. The molecule has 0 spiro atoms. The van der Waals surface area contributed by atoms with E-state index < -0.39 is 0 Å². The lowest BCUT2D eigenvalue weighted by molar-refractivity contribution is 0.414. The highest BCUT2D eigenvalue weighted by atomic mass is 32.2. The van der Waals surface area contributed by atoms with Crippen LogP contribution in [0.15, 0.2) is 70.4 Å². The molecule has 0 saturated heterocycles. The molecule has 0 bridgehead atoms. The molecule has 0 aromatic heterocycles. The van der Waals surface area contributed by atoms with Crippen molar-refractivity contribution >= 4 is 27.8 Å². The van der Waals surface area contributed by atoms with Crippen molar-refractivity contribution in [2.75, 3.05) is 12.4 Å². The maximum atomic E-state index is 12.9. The molecule has 2 aromatic rings. The second-order valence-electron chi connectivity index (χ2n) is 5.58. The molecule has 1 heterocycles. The van der Waals surface area contributed by atoms with E-state index in [1.54, 1.807) is 25.4 Å². The fourth-order valence-corrected chi connectivity index (χ4v) is 2.71. The first kappa shape index (κ1) is 18.0. The van der Waals surface area contributed by atoms with E-state index in [-0.39, 0.29) is 5.82 Å². The summed E-state index contributed by atoms with van der Waals surface area (Å²) in [5.41, 5.74) is 2.90. The van der Waals surface area contributed by atoms with Crippen LogP contribution in [0.3, 0.4) is 0 Å². The number of methoxy groups -OCH3 is 1. The second-order valence-corrected chi connectivity index (χ2v) is 6.53. The highest BCUT2D eigenvalue weighted by Crippen LogP contribution is 2.22. The summed E-state index contributed by atoms with van der Waals surface area (Å²) in [4.78, 5) is 8.61. The summed E-state index contributed by atoms with van der Waals surface area (Å²) in [6.07, 6.45) is 1.75. The Morgan fingerprint density at radius 3 is 2.54 bits per heavy atom. The van der Waals surface area contributed by atoms with Gasteiger partial charge in [-0.25, -0.2) is 9.38 Å². The molecule has 0 amide bonds. The third-order valence-corrected chi connectivity index (χ3v) is 4.35. The minimum absolute atomic E-state index is 0.260. The Morgan fingerprint density at radius 1 is 1.19 bits per heavy atom. The van der Waals surface area contributed by atoms with Crippen molar-refractivity contribution in [3.63, 3.8) is 0 Å². The molecule has 2 N–H and O–H groups in total. The predicted molar refractivity (Wildman–Crippen MR) is 106 cm³/mol. The minimum Gasteiger partial charge on any atom is -0.497 e. The number of benzene rings is 2. The standard InChI is InChI=1S/C19H19FN4OS/c1-13(21-12-14-3-9-17(25-2)10-4-14)11-22-18-24-19(26-18)23-16-7-5-15(20)6-8-16/h3-11,21H,12H2,1-2H3,(H,22,23,24)/b13-11-. The van der Waals surface area contributed by atoms with Crippen LogP contribution in [0.25, 0.3) is 0 Å². The average molecular weight is 370 g/mol. The molecule has 134 valence electrons. The summed E-state index contributed by atoms with van der Waals surface area (Å²) >= 11 is 1.44. The van der Waals surface area contributed by atoms with E-state index in [1.165, 1.54) is 23.9 Å². The number of anilines is 1. The summed E-state index contributed by atoms with van der Waals surface area (Å²) < 4.78 is 18.0. The largest absolute Gasteiger partial charge is 0.497 e. The molecule has 0 radical (unpaired) electrons. The second kappa shape index (κ2) is 8.53. The molecule has 26 heavy (non-hydrogen) atoms. The van der Waals surface area contributed by atoms with E-state index in [2.05, 4.69) is 20.6 Å². The van der Waals surface area contributed by atoms with Gasteiger partial charge < -0.3 is 15.4 Å². The van der Waals surface area contributed by atoms with E-state index in [1.807, 2.05) is 31.2 Å². The van der Waals surface area contributed by atoms with Crippen molar-refractivity contribution in [1.82, 2.24) is 5.32 Å². The third kappa shape index (κ3) is 5.10. The van der Waals surface area contributed by atoms with E-state index in [9.17, 15) is 4.39 Å². The van der Waals surface area contributed by atoms with Crippen LogP contribution in [0.1, 0.15) is 12.5 Å². The number of aliphatic imine (C=N–C) groups is 2. The molecule has 5 nitrogen and oxygen atoms in total. The first-order chi connectivity index (χ1) is 12.6. The van der Waals surface area contributed by atoms with Gasteiger partial charge in [0.1, 0.15) is 11.6 Å². The highest BCUT2D eigenvalue weighted by molar-refractivity contribution is 8.29. The van der Waals surface area contributed by atoms with Crippen molar-refractivity contribution in [3.8, 4) is 5.75 Å². The normalized spacial score (nSPS) is 15.3. The van der Waals surface area contributed by atoms with Gasteiger partial charge in [-0.1, -0.05) is 12.1 Å². The van der Waals surface area contributed by atoms with Gasteiger partial charge in [-0.3, -0.25) is 0 Å². The number of ether oxygens (including phenoxy) is 1. The van der Waals surface area contributed by atoms with Crippen molar-refractivity contribution in [1.29, 1.82) is 0 Å². The topological polar surface area (TPSA) is 58.0 Å². The number of halogens is 1. The smallest absolute Gasteiger partial charge is 0.197 e. The molecule has 0 fully saturated rings. The molecule has 0 saturated carbocycles. The molecule has 0 unspecified atom stereocenters. The van der Waals surface area contributed by atoms with Crippen LogP contribution in [0.5, 0.6) is 5.75 Å². The van der Waals surface area contributed by atoms with Gasteiger partial charge >= 0.3 is 0 Å². The van der Waals surface area contributed by atoms with Gasteiger partial charge in [-0.05, 0) is 60.6 Å². The number of amidine groups is 2. The quantitative estimate of drug-likeness (QED) is 0.793. The Hall–Kier alpha value is -2.80. The van der Waals surface area contributed by atoms with Crippen LogP contribution in [-0.2, 0) is 6.54 Å². The molecule has 7 heteroatoms. The Kier molecular flexibility index (Phi) is 5.91. The van der Waals surface area contributed by atoms with Crippen LogP contribution in [0, 0.1) is 5.82 Å². The van der Waals surface area contributed by atoms with Gasteiger partial charge in [0.2, 0.25) is 0 Å². The van der Waals surface area contributed by atoms with Crippen LogP contribution in [0.4, 0.5) is 10.1 Å². The Morgan fingerprint density at radius 2 is 1.88 bits per heavy atom. The fraction of sp³-hybridized carbons (Fsp3) is 0.158. The lowest BCUT2D eigenvalue weighted by atomic mass is 10.2. The van der Waals surface area contributed by atoms with Crippen LogP contribution >= 0.6 is 11.8 Å². The third-order valence-electron chi connectivity index (χ3n) is 3.58. The van der Waals surface area contributed by atoms with Gasteiger partial charge in [0, 0.05) is 24.1 Å². The first-order valence-electron chi connectivity index (χ1n) is 8.03. The zero-order valence-electron chi connectivity index (χ0n) is 14.5. The Labute approximate surface area is 156 Å². The van der Waals surface area contributed by atoms with Crippen LogP contribution in [0.2, 0.25) is 0 Å². The number of allylic oxidation sites excluding steroid dienone is 1. The first-order valence-corrected chi connectivity index (χ1v) is 8.84. The van der Waals surface area contributed by atoms with E-state index in [0.29, 0.717) is 11.7 Å². The summed E-state index contributed by atoms with van der Waals surface area (Å²) in [6, 6.07) is 14.1. The average Bonchev–Trinajstić information content (AvgIpc) is 2.63.